The molecule has 0 bridgehead atoms. The van der Waals surface area contributed by atoms with Crippen LogP contribution in [-0.2, 0) is 4.79 Å². The van der Waals surface area contributed by atoms with Crippen LogP contribution in [-0.4, -0.2) is 42.6 Å². The third-order valence-electron chi connectivity index (χ3n) is 5.33. The van der Waals surface area contributed by atoms with Crippen LogP contribution in [0.3, 0.4) is 0 Å². The number of fused-ring (bicyclic) bond motifs is 1. The molecule has 1 amide bonds. The summed E-state index contributed by atoms with van der Waals surface area (Å²) in [5.74, 6) is 1.56. The molecule has 0 spiro atoms. The van der Waals surface area contributed by atoms with Gasteiger partial charge in [-0.3, -0.25) is 9.69 Å². The Balaban J connectivity index is 1.33. The van der Waals surface area contributed by atoms with Crippen LogP contribution in [0.5, 0.6) is 11.5 Å². The molecule has 3 atom stereocenters. The predicted molar refractivity (Wildman–Crippen MR) is 107 cm³/mol. The van der Waals surface area contributed by atoms with E-state index in [0.29, 0.717) is 19.2 Å². The molecule has 6 heteroatoms. The average molecular weight is 387 g/mol. The number of nitrogens with one attached hydrogen (secondary N) is 1. The van der Waals surface area contributed by atoms with Gasteiger partial charge in [-0.25, -0.2) is 0 Å². The van der Waals surface area contributed by atoms with Crippen molar-refractivity contribution in [2.24, 2.45) is 0 Å². The van der Waals surface area contributed by atoms with Gasteiger partial charge in [0.1, 0.15) is 12.7 Å². The van der Waals surface area contributed by atoms with E-state index in [1.165, 1.54) is 9.75 Å². The van der Waals surface area contributed by atoms with E-state index < -0.39 is 0 Å². The molecule has 5 nitrogen and oxygen atoms in total. The van der Waals surface area contributed by atoms with Crippen molar-refractivity contribution in [2.75, 3.05) is 19.7 Å². The molecule has 2 aliphatic heterocycles. The van der Waals surface area contributed by atoms with E-state index in [2.05, 4.69) is 29.3 Å². The number of hydrogen-bond acceptors (Lipinski definition) is 5. The van der Waals surface area contributed by atoms with E-state index >= 15 is 0 Å². The van der Waals surface area contributed by atoms with Gasteiger partial charge < -0.3 is 14.8 Å². The van der Waals surface area contributed by atoms with Gasteiger partial charge in [0, 0.05) is 15.8 Å². The van der Waals surface area contributed by atoms with Crippen LogP contribution in [0.4, 0.5) is 0 Å². The summed E-state index contributed by atoms with van der Waals surface area (Å²) >= 11 is 1.84. The lowest BCUT2D eigenvalue weighted by molar-refractivity contribution is -0.126. The molecule has 1 aromatic heterocycles. The van der Waals surface area contributed by atoms with Gasteiger partial charge in [-0.1, -0.05) is 12.1 Å². The molecule has 0 aliphatic carbocycles. The molecular weight excluding hydrogens is 360 g/mol. The van der Waals surface area contributed by atoms with Crippen molar-refractivity contribution in [3.8, 4) is 11.5 Å². The van der Waals surface area contributed by atoms with Gasteiger partial charge in [0.2, 0.25) is 5.91 Å². The molecule has 1 fully saturated rings. The second-order valence-corrected chi connectivity index (χ2v) is 8.58. The maximum Gasteiger partial charge on any atom is 0.237 e. The highest BCUT2D eigenvalue weighted by Gasteiger charge is 2.34. The lowest BCUT2D eigenvalue weighted by Crippen LogP contribution is -2.48. The first-order chi connectivity index (χ1) is 13.1. The first-order valence-electron chi connectivity index (χ1n) is 9.60. The Hall–Kier alpha value is -2.05. The summed E-state index contributed by atoms with van der Waals surface area (Å²) in [5, 5.41) is 3.05. The highest BCUT2D eigenvalue weighted by molar-refractivity contribution is 7.12. The SMILES string of the molecule is Cc1ccc(C2CCCN2C(C)C(=O)NCC2COc3ccccc3O2)s1. The zero-order chi connectivity index (χ0) is 18.8. The summed E-state index contributed by atoms with van der Waals surface area (Å²) in [6.07, 6.45) is 2.09. The fraction of sp³-hybridized carbons (Fsp3) is 0.476. The van der Waals surface area contributed by atoms with Gasteiger partial charge in [-0.05, 0) is 57.5 Å². The second kappa shape index (κ2) is 7.90. The first kappa shape index (κ1) is 18.3. The molecule has 0 radical (unpaired) electrons. The third-order valence-corrected chi connectivity index (χ3v) is 6.43. The number of benzene rings is 1. The quantitative estimate of drug-likeness (QED) is 0.854. The molecule has 1 saturated heterocycles. The highest BCUT2D eigenvalue weighted by atomic mass is 32.1. The van der Waals surface area contributed by atoms with E-state index in [4.69, 9.17) is 9.47 Å². The third kappa shape index (κ3) is 3.96. The number of likely N-dealkylation sites (tertiary alicyclic amines) is 1. The van der Waals surface area contributed by atoms with Gasteiger partial charge in [-0.2, -0.15) is 0 Å². The van der Waals surface area contributed by atoms with Crippen LogP contribution in [0.2, 0.25) is 0 Å². The summed E-state index contributed by atoms with van der Waals surface area (Å²) in [7, 11) is 0. The summed E-state index contributed by atoms with van der Waals surface area (Å²) in [6, 6.07) is 12.2. The molecule has 4 rings (SSSR count). The number of carbonyl (C=O) groups excluding carboxylic acids is 1. The van der Waals surface area contributed by atoms with E-state index in [0.717, 1.165) is 30.9 Å². The Bertz CT molecular complexity index is 806. The van der Waals surface area contributed by atoms with Gasteiger partial charge in [0.15, 0.2) is 11.5 Å². The normalized spacial score (nSPS) is 23.2. The molecule has 1 N–H and O–H groups in total. The van der Waals surface area contributed by atoms with Crippen LogP contribution >= 0.6 is 11.3 Å². The molecular formula is C21H26N2O3S. The van der Waals surface area contributed by atoms with Gasteiger partial charge in [-0.15, -0.1) is 11.3 Å². The number of hydrogen-bond donors (Lipinski definition) is 1. The number of ether oxygens (including phenoxy) is 2. The topological polar surface area (TPSA) is 50.8 Å². The summed E-state index contributed by atoms with van der Waals surface area (Å²) in [6.45, 7) is 6.00. The molecule has 144 valence electrons. The number of carbonyl (C=O) groups is 1. The van der Waals surface area contributed by atoms with Gasteiger partial charge in [0.25, 0.3) is 0 Å². The van der Waals surface area contributed by atoms with E-state index in [1.54, 1.807) is 0 Å². The fourth-order valence-electron chi connectivity index (χ4n) is 3.87. The maximum atomic E-state index is 12.8. The van der Waals surface area contributed by atoms with Crippen LogP contribution in [0.25, 0.3) is 0 Å². The molecule has 27 heavy (non-hydrogen) atoms. The van der Waals surface area contributed by atoms with Crippen molar-refractivity contribution in [3.63, 3.8) is 0 Å². The number of para-hydroxylation sites is 2. The molecule has 3 heterocycles. The first-order valence-corrected chi connectivity index (χ1v) is 10.4. The summed E-state index contributed by atoms with van der Waals surface area (Å²) in [5.41, 5.74) is 0. The number of nitrogens with zero attached hydrogens (tertiary/aromatic N) is 1. The maximum absolute atomic E-state index is 12.8. The zero-order valence-electron chi connectivity index (χ0n) is 15.8. The Morgan fingerprint density at radius 3 is 2.89 bits per heavy atom. The number of thiophene rings is 1. The van der Waals surface area contributed by atoms with Crippen LogP contribution in [0, 0.1) is 6.92 Å². The number of amides is 1. The Kier molecular flexibility index (Phi) is 5.36. The number of aryl methyl sites for hydroxylation is 1. The molecule has 3 unspecified atom stereocenters. The highest BCUT2D eigenvalue weighted by Crippen LogP contribution is 2.37. The van der Waals surface area contributed by atoms with E-state index in [9.17, 15) is 4.79 Å². The Morgan fingerprint density at radius 1 is 1.30 bits per heavy atom. The molecule has 1 aromatic carbocycles. The van der Waals surface area contributed by atoms with Crippen molar-refractivity contribution in [1.29, 1.82) is 0 Å². The fourth-order valence-corrected chi connectivity index (χ4v) is 4.90. The van der Waals surface area contributed by atoms with E-state index in [-0.39, 0.29) is 18.1 Å². The standard InChI is InChI=1S/C21H26N2O3S/c1-14-9-10-20(27-14)17-6-5-11-23(17)15(2)21(24)22-12-16-13-25-18-7-3-4-8-19(18)26-16/h3-4,7-10,15-17H,5-6,11-13H2,1-2H3,(H,22,24). The van der Waals surface area contributed by atoms with Crippen molar-refractivity contribution >= 4 is 17.2 Å². The summed E-state index contributed by atoms with van der Waals surface area (Å²) < 4.78 is 11.6. The van der Waals surface area contributed by atoms with Crippen LogP contribution in [0.1, 0.15) is 35.6 Å². The largest absolute Gasteiger partial charge is 0.486 e. The van der Waals surface area contributed by atoms with Crippen LogP contribution in [0.15, 0.2) is 36.4 Å². The minimum Gasteiger partial charge on any atom is -0.486 e. The summed E-state index contributed by atoms with van der Waals surface area (Å²) in [4.78, 5) is 17.8. The van der Waals surface area contributed by atoms with Gasteiger partial charge >= 0.3 is 0 Å². The van der Waals surface area contributed by atoms with Gasteiger partial charge in [0.05, 0.1) is 12.6 Å². The molecule has 2 aromatic rings. The van der Waals surface area contributed by atoms with Crippen LogP contribution < -0.4 is 14.8 Å². The lowest BCUT2D eigenvalue weighted by atomic mass is 10.1. The average Bonchev–Trinajstić information content (AvgIpc) is 3.34. The van der Waals surface area contributed by atoms with E-state index in [1.807, 2.05) is 42.5 Å². The van der Waals surface area contributed by atoms with Crippen molar-refractivity contribution in [2.45, 2.75) is 44.9 Å². The lowest BCUT2D eigenvalue weighted by Gasteiger charge is -2.30. The molecule has 0 saturated carbocycles. The minimum absolute atomic E-state index is 0.0534. The second-order valence-electron chi connectivity index (χ2n) is 7.26. The van der Waals surface area contributed by atoms with Crippen molar-refractivity contribution < 1.29 is 14.3 Å². The smallest absolute Gasteiger partial charge is 0.237 e. The minimum atomic E-state index is -0.162. The number of rotatable bonds is 5. The van der Waals surface area contributed by atoms with Crippen molar-refractivity contribution in [1.82, 2.24) is 10.2 Å². The Labute approximate surface area is 164 Å². The Morgan fingerprint density at radius 2 is 2.11 bits per heavy atom. The predicted octanol–water partition coefficient (Wildman–Crippen LogP) is 3.54. The molecule has 2 aliphatic rings. The zero-order valence-corrected chi connectivity index (χ0v) is 16.6. The van der Waals surface area contributed by atoms with Crippen molar-refractivity contribution in [3.05, 3.63) is 46.2 Å². The monoisotopic (exact) mass is 386 g/mol.